The van der Waals surface area contributed by atoms with Crippen molar-refractivity contribution in [2.45, 2.75) is 18.4 Å². The Balaban J connectivity index is 1.79. The van der Waals surface area contributed by atoms with Crippen LogP contribution in [0, 0.1) is 0 Å². The van der Waals surface area contributed by atoms with Crippen molar-refractivity contribution < 1.29 is 27.2 Å². The number of amides is 1. The lowest BCUT2D eigenvalue weighted by Crippen LogP contribution is -2.50. The fraction of sp³-hybridized carbons (Fsp3) is 0.438. The van der Waals surface area contributed by atoms with Gasteiger partial charge in [0.15, 0.2) is 5.76 Å². The predicted molar refractivity (Wildman–Crippen MR) is 92.7 cm³/mol. The Kier molecular flexibility index (Phi) is 5.33. The first-order valence-corrected chi connectivity index (χ1v) is 9.82. The number of piperazine rings is 1. The molecular weight excluding hydrogens is 376 g/mol. The number of nitrogens with zero attached hydrogens (tertiary/aromatic N) is 3. The Labute approximate surface area is 156 Å². The van der Waals surface area contributed by atoms with Gasteiger partial charge < -0.3 is 14.1 Å². The third-order valence-corrected chi connectivity index (χ3v) is 6.22. The number of ether oxygens (including phenoxy) is 1. The lowest BCUT2D eigenvalue weighted by molar-refractivity contribution is 0.0594. The maximum atomic E-state index is 13.0. The van der Waals surface area contributed by atoms with Crippen LogP contribution in [0.2, 0.25) is 0 Å². The fourth-order valence-electron chi connectivity index (χ4n) is 2.92. The van der Waals surface area contributed by atoms with Crippen LogP contribution in [-0.2, 0) is 21.2 Å². The van der Waals surface area contributed by atoms with Crippen molar-refractivity contribution in [2.75, 3.05) is 33.3 Å². The molecular formula is C16H20N4O6S. The smallest absolute Gasteiger partial charge is 0.342 e. The van der Waals surface area contributed by atoms with Gasteiger partial charge in [-0.2, -0.15) is 9.40 Å². The van der Waals surface area contributed by atoms with Crippen LogP contribution < -0.4 is 0 Å². The van der Waals surface area contributed by atoms with Crippen molar-refractivity contribution in [3.05, 3.63) is 35.4 Å². The second kappa shape index (κ2) is 7.53. The van der Waals surface area contributed by atoms with Gasteiger partial charge in [-0.25, -0.2) is 13.2 Å². The van der Waals surface area contributed by atoms with Gasteiger partial charge in [-0.3, -0.25) is 9.89 Å². The molecule has 0 aromatic carbocycles. The van der Waals surface area contributed by atoms with Crippen molar-refractivity contribution in [1.29, 1.82) is 0 Å². The van der Waals surface area contributed by atoms with E-state index in [4.69, 9.17) is 9.15 Å². The Morgan fingerprint density at radius 1 is 1.30 bits per heavy atom. The number of sulfonamides is 1. The molecule has 0 unspecified atom stereocenters. The average molecular weight is 396 g/mol. The summed E-state index contributed by atoms with van der Waals surface area (Å²) in [5.41, 5.74) is 0.321. The molecule has 0 bridgehead atoms. The molecule has 1 fully saturated rings. The van der Waals surface area contributed by atoms with Crippen molar-refractivity contribution in [2.24, 2.45) is 0 Å². The van der Waals surface area contributed by atoms with Gasteiger partial charge in [0.2, 0.25) is 5.03 Å². The third-order valence-electron chi connectivity index (χ3n) is 4.39. The van der Waals surface area contributed by atoms with E-state index in [1.54, 1.807) is 19.1 Å². The van der Waals surface area contributed by atoms with Gasteiger partial charge in [0.05, 0.1) is 19.1 Å². The molecule has 10 nitrogen and oxygen atoms in total. The molecule has 1 amide bonds. The Bertz CT molecular complexity index is 926. The fourth-order valence-corrected chi connectivity index (χ4v) is 4.44. The zero-order valence-electron chi connectivity index (χ0n) is 15.0. The van der Waals surface area contributed by atoms with Crippen molar-refractivity contribution in [3.8, 4) is 0 Å². The summed E-state index contributed by atoms with van der Waals surface area (Å²) >= 11 is 0. The largest absolute Gasteiger partial charge is 0.465 e. The Hall–Kier alpha value is -2.66. The molecule has 2 aromatic heterocycles. The van der Waals surface area contributed by atoms with E-state index < -0.39 is 16.0 Å². The minimum Gasteiger partial charge on any atom is -0.465 e. The zero-order valence-corrected chi connectivity index (χ0v) is 15.8. The minimum atomic E-state index is -4.01. The molecule has 3 rings (SSSR count). The number of H-pyrrole nitrogens is 1. The number of aromatic nitrogens is 2. The van der Waals surface area contributed by atoms with E-state index in [1.807, 2.05) is 0 Å². The van der Waals surface area contributed by atoms with E-state index in [2.05, 4.69) is 10.2 Å². The number of carbonyl (C=O) groups excluding carboxylic acids is 2. The monoisotopic (exact) mass is 396 g/mol. The topological polar surface area (TPSA) is 126 Å². The number of aromatic amines is 1. The number of esters is 1. The van der Waals surface area contributed by atoms with Gasteiger partial charge in [0.1, 0.15) is 5.56 Å². The summed E-state index contributed by atoms with van der Waals surface area (Å²) in [6, 6.07) is 3.18. The van der Waals surface area contributed by atoms with E-state index in [9.17, 15) is 18.0 Å². The van der Waals surface area contributed by atoms with E-state index in [0.717, 1.165) is 0 Å². The maximum Gasteiger partial charge on any atom is 0.342 e. The molecule has 0 atom stereocenters. The van der Waals surface area contributed by atoms with Crippen LogP contribution in [0.1, 0.15) is 33.5 Å². The number of hydrogen-bond acceptors (Lipinski definition) is 7. The lowest BCUT2D eigenvalue weighted by atomic mass is 10.2. The highest BCUT2D eigenvalue weighted by atomic mass is 32.2. The van der Waals surface area contributed by atoms with Crippen molar-refractivity contribution in [3.63, 3.8) is 0 Å². The van der Waals surface area contributed by atoms with Gasteiger partial charge >= 0.3 is 5.97 Å². The van der Waals surface area contributed by atoms with Gasteiger partial charge in [-0.15, -0.1) is 0 Å². The molecule has 1 aliphatic rings. The van der Waals surface area contributed by atoms with E-state index in [1.165, 1.54) is 22.6 Å². The Morgan fingerprint density at radius 3 is 2.56 bits per heavy atom. The van der Waals surface area contributed by atoms with Crippen molar-refractivity contribution >= 4 is 21.9 Å². The van der Waals surface area contributed by atoms with Crippen LogP contribution in [-0.4, -0.2) is 73.0 Å². The molecule has 0 aliphatic carbocycles. The number of furan rings is 1. The van der Waals surface area contributed by atoms with Crippen LogP contribution in [0.5, 0.6) is 0 Å². The quantitative estimate of drug-likeness (QED) is 0.729. The average Bonchev–Trinajstić information content (AvgIpc) is 3.36. The van der Waals surface area contributed by atoms with Gasteiger partial charge in [0, 0.05) is 26.2 Å². The molecule has 1 aliphatic heterocycles. The molecule has 0 spiro atoms. The molecule has 1 saturated heterocycles. The third kappa shape index (κ3) is 3.47. The zero-order chi connectivity index (χ0) is 19.6. The van der Waals surface area contributed by atoms with Gasteiger partial charge in [-0.05, 0) is 18.6 Å². The molecule has 0 radical (unpaired) electrons. The molecule has 11 heteroatoms. The highest BCUT2D eigenvalue weighted by Crippen LogP contribution is 2.23. The molecule has 146 valence electrons. The predicted octanol–water partition coefficient (Wildman–Crippen LogP) is 0.498. The molecule has 2 aromatic rings. The highest BCUT2D eigenvalue weighted by molar-refractivity contribution is 7.89. The lowest BCUT2D eigenvalue weighted by Gasteiger charge is -2.33. The normalized spacial score (nSPS) is 15.7. The summed E-state index contributed by atoms with van der Waals surface area (Å²) in [5.74, 6) is -0.842. The first-order chi connectivity index (χ1) is 12.9. The highest BCUT2D eigenvalue weighted by Gasteiger charge is 2.36. The number of rotatable bonds is 5. The van der Waals surface area contributed by atoms with Crippen LogP contribution in [0.3, 0.4) is 0 Å². The summed E-state index contributed by atoms with van der Waals surface area (Å²) in [6.07, 6.45) is 1.81. The first kappa shape index (κ1) is 19.1. The van der Waals surface area contributed by atoms with Gasteiger partial charge in [0.25, 0.3) is 15.9 Å². The van der Waals surface area contributed by atoms with E-state index >= 15 is 0 Å². The van der Waals surface area contributed by atoms with Gasteiger partial charge in [-0.1, -0.05) is 6.92 Å². The van der Waals surface area contributed by atoms with Crippen LogP contribution >= 0.6 is 0 Å². The van der Waals surface area contributed by atoms with Crippen LogP contribution in [0.25, 0.3) is 0 Å². The van der Waals surface area contributed by atoms with E-state index in [-0.39, 0.29) is 48.4 Å². The summed E-state index contributed by atoms with van der Waals surface area (Å²) < 4.78 is 37.0. The number of carbonyl (C=O) groups is 2. The first-order valence-electron chi connectivity index (χ1n) is 8.38. The summed E-state index contributed by atoms with van der Waals surface area (Å²) in [6.45, 7) is 2.36. The molecule has 1 N–H and O–H groups in total. The minimum absolute atomic E-state index is 0.0749. The number of aryl methyl sites for hydroxylation is 1. The SMILES string of the molecule is CCc1[nH]nc(S(=O)(=O)N2CCN(C(=O)c3ccco3)CC2)c1C(=O)OC. The summed E-state index contributed by atoms with van der Waals surface area (Å²) in [7, 11) is -2.83. The molecule has 0 saturated carbocycles. The molecule has 27 heavy (non-hydrogen) atoms. The van der Waals surface area contributed by atoms with E-state index in [0.29, 0.717) is 12.1 Å². The molecule has 3 heterocycles. The number of methoxy groups -OCH3 is 1. The number of hydrogen-bond donors (Lipinski definition) is 1. The number of nitrogens with one attached hydrogen (secondary N) is 1. The van der Waals surface area contributed by atoms with Crippen LogP contribution in [0.15, 0.2) is 27.8 Å². The summed E-state index contributed by atoms with van der Waals surface area (Å²) in [4.78, 5) is 25.9. The second-order valence-corrected chi connectivity index (χ2v) is 7.75. The van der Waals surface area contributed by atoms with Crippen LogP contribution in [0.4, 0.5) is 0 Å². The summed E-state index contributed by atoms with van der Waals surface area (Å²) in [5, 5.41) is 6.09. The standard InChI is InChI=1S/C16H20N4O6S/c1-3-11-13(16(22)25-2)14(18-17-11)27(23,24)20-8-6-19(7-9-20)15(21)12-5-4-10-26-12/h4-5,10H,3,6-9H2,1-2H3,(H,17,18). The van der Waals surface area contributed by atoms with Crippen molar-refractivity contribution in [1.82, 2.24) is 19.4 Å². The maximum absolute atomic E-state index is 13.0. The Morgan fingerprint density at radius 2 is 2.00 bits per heavy atom. The second-order valence-electron chi connectivity index (χ2n) is 5.90.